The summed E-state index contributed by atoms with van der Waals surface area (Å²) in [6.45, 7) is 5.83. The van der Waals surface area contributed by atoms with Crippen molar-refractivity contribution in [3.8, 4) is 0 Å². The van der Waals surface area contributed by atoms with E-state index in [2.05, 4.69) is 35.9 Å². The average molecular weight is 248 g/mol. The maximum Gasteiger partial charge on any atom is 0.0681 e. The average Bonchev–Trinajstić information content (AvgIpc) is 2.60. The molecule has 18 heavy (non-hydrogen) atoms. The first-order valence-corrected chi connectivity index (χ1v) is 6.89. The van der Waals surface area contributed by atoms with Crippen LogP contribution in [0.25, 0.3) is 0 Å². The standard InChI is InChI=1S/C15H24N2O/c1-3-14-11-16(2)9-4-10-17(14)15-7-5-13(12-18)6-8-15/h5-8,14,18H,3-4,9-12H2,1-2H3. The Kier molecular flexibility index (Phi) is 4.61. The molecule has 0 saturated carbocycles. The fourth-order valence-electron chi connectivity index (χ4n) is 2.73. The highest BCUT2D eigenvalue weighted by Gasteiger charge is 2.21. The molecule has 1 unspecified atom stereocenters. The normalized spacial score (nSPS) is 21.9. The quantitative estimate of drug-likeness (QED) is 0.887. The molecular weight excluding hydrogens is 224 g/mol. The zero-order chi connectivity index (χ0) is 13.0. The lowest BCUT2D eigenvalue weighted by atomic mass is 10.1. The molecule has 1 fully saturated rings. The van der Waals surface area contributed by atoms with Gasteiger partial charge in [-0.2, -0.15) is 0 Å². The molecule has 0 bridgehead atoms. The number of aliphatic hydroxyl groups excluding tert-OH is 1. The molecule has 0 amide bonds. The zero-order valence-corrected chi connectivity index (χ0v) is 11.5. The monoisotopic (exact) mass is 248 g/mol. The first kappa shape index (κ1) is 13.4. The predicted molar refractivity (Wildman–Crippen MR) is 75.9 cm³/mol. The van der Waals surface area contributed by atoms with E-state index in [1.54, 1.807) is 0 Å². The molecule has 3 nitrogen and oxygen atoms in total. The van der Waals surface area contributed by atoms with Crippen LogP contribution in [-0.4, -0.2) is 42.7 Å². The van der Waals surface area contributed by atoms with Crippen molar-refractivity contribution in [3.63, 3.8) is 0 Å². The van der Waals surface area contributed by atoms with E-state index in [0.29, 0.717) is 6.04 Å². The summed E-state index contributed by atoms with van der Waals surface area (Å²) in [6.07, 6.45) is 2.39. The van der Waals surface area contributed by atoms with E-state index in [-0.39, 0.29) is 6.61 Å². The summed E-state index contributed by atoms with van der Waals surface area (Å²) in [6, 6.07) is 8.92. The number of hydrogen-bond donors (Lipinski definition) is 1. The maximum atomic E-state index is 9.10. The number of rotatable bonds is 3. The summed E-state index contributed by atoms with van der Waals surface area (Å²) >= 11 is 0. The molecule has 1 aliphatic rings. The molecule has 1 heterocycles. The maximum absolute atomic E-state index is 9.10. The van der Waals surface area contributed by atoms with Gasteiger partial charge < -0.3 is 14.9 Å². The number of nitrogens with zero attached hydrogens (tertiary/aromatic N) is 2. The van der Waals surface area contributed by atoms with Crippen molar-refractivity contribution in [2.24, 2.45) is 0 Å². The van der Waals surface area contributed by atoms with Crippen LogP contribution in [0.4, 0.5) is 5.69 Å². The summed E-state index contributed by atoms with van der Waals surface area (Å²) in [5.74, 6) is 0. The lowest BCUT2D eigenvalue weighted by Gasteiger charge is -2.32. The van der Waals surface area contributed by atoms with Gasteiger partial charge in [0, 0.05) is 24.8 Å². The summed E-state index contributed by atoms with van der Waals surface area (Å²) in [5.41, 5.74) is 2.27. The van der Waals surface area contributed by atoms with Crippen LogP contribution in [0.15, 0.2) is 24.3 Å². The van der Waals surface area contributed by atoms with Crippen LogP contribution in [0.2, 0.25) is 0 Å². The van der Waals surface area contributed by atoms with Gasteiger partial charge in [-0.05, 0) is 44.1 Å². The van der Waals surface area contributed by atoms with Crippen LogP contribution in [0.3, 0.4) is 0 Å². The molecule has 3 heteroatoms. The topological polar surface area (TPSA) is 26.7 Å². The Morgan fingerprint density at radius 2 is 1.94 bits per heavy atom. The van der Waals surface area contributed by atoms with Crippen LogP contribution in [0.5, 0.6) is 0 Å². The smallest absolute Gasteiger partial charge is 0.0681 e. The van der Waals surface area contributed by atoms with E-state index in [1.165, 1.54) is 25.1 Å². The highest BCUT2D eigenvalue weighted by atomic mass is 16.3. The molecule has 1 saturated heterocycles. The first-order valence-electron chi connectivity index (χ1n) is 6.89. The predicted octanol–water partition coefficient (Wildman–Crippen LogP) is 2.10. The van der Waals surface area contributed by atoms with Gasteiger partial charge >= 0.3 is 0 Å². The molecule has 1 N–H and O–H groups in total. The molecule has 0 aliphatic carbocycles. The molecular formula is C15H24N2O. The molecule has 1 aromatic carbocycles. The minimum Gasteiger partial charge on any atom is -0.392 e. The molecule has 1 aromatic rings. The summed E-state index contributed by atoms with van der Waals surface area (Å²) in [7, 11) is 2.21. The Morgan fingerprint density at radius 3 is 2.56 bits per heavy atom. The van der Waals surface area contributed by atoms with Crippen molar-refractivity contribution in [2.75, 3.05) is 31.6 Å². The minimum atomic E-state index is 0.125. The first-order chi connectivity index (χ1) is 8.74. The Balaban J connectivity index is 2.17. The van der Waals surface area contributed by atoms with E-state index in [0.717, 1.165) is 18.7 Å². The van der Waals surface area contributed by atoms with Gasteiger partial charge in [0.05, 0.1) is 6.61 Å². The van der Waals surface area contributed by atoms with Crippen molar-refractivity contribution in [1.82, 2.24) is 4.90 Å². The minimum absolute atomic E-state index is 0.125. The van der Waals surface area contributed by atoms with Gasteiger partial charge in [0.2, 0.25) is 0 Å². The van der Waals surface area contributed by atoms with Gasteiger partial charge in [-0.15, -0.1) is 0 Å². The molecule has 1 atom stereocenters. The molecule has 100 valence electrons. The van der Waals surface area contributed by atoms with Crippen molar-refractivity contribution >= 4 is 5.69 Å². The van der Waals surface area contributed by atoms with E-state index >= 15 is 0 Å². The van der Waals surface area contributed by atoms with Gasteiger partial charge in [0.1, 0.15) is 0 Å². The number of hydrogen-bond acceptors (Lipinski definition) is 3. The lowest BCUT2D eigenvalue weighted by Crippen LogP contribution is -2.39. The van der Waals surface area contributed by atoms with Gasteiger partial charge in [0.15, 0.2) is 0 Å². The van der Waals surface area contributed by atoms with Gasteiger partial charge in [-0.3, -0.25) is 0 Å². The van der Waals surface area contributed by atoms with Crippen LogP contribution in [-0.2, 0) is 6.61 Å². The number of benzene rings is 1. The zero-order valence-electron chi connectivity index (χ0n) is 11.5. The molecule has 0 radical (unpaired) electrons. The fraction of sp³-hybridized carbons (Fsp3) is 0.600. The van der Waals surface area contributed by atoms with Crippen molar-refractivity contribution in [2.45, 2.75) is 32.4 Å². The van der Waals surface area contributed by atoms with E-state index < -0.39 is 0 Å². The van der Waals surface area contributed by atoms with Gasteiger partial charge in [0.25, 0.3) is 0 Å². The molecule has 2 rings (SSSR count). The Bertz CT molecular complexity index is 363. The molecule has 0 spiro atoms. The number of likely N-dealkylation sites (N-methyl/N-ethyl adjacent to an activating group) is 1. The fourth-order valence-corrected chi connectivity index (χ4v) is 2.73. The summed E-state index contributed by atoms with van der Waals surface area (Å²) in [4.78, 5) is 4.95. The SMILES string of the molecule is CCC1CN(C)CCCN1c1ccc(CO)cc1. The Hall–Kier alpha value is -1.06. The third kappa shape index (κ3) is 3.03. The Morgan fingerprint density at radius 1 is 1.22 bits per heavy atom. The number of aliphatic hydroxyl groups is 1. The van der Waals surface area contributed by atoms with Gasteiger partial charge in [-0.1, -0.05) is 19.1 Å². The molecule has 0 aromatic heterocycles. The van der Waals surface area contributed by atoms with Gasteiger partial charge in [-0.25, -0.2) is 0 Å². The highest BCUT2D eigenvalue weighted by Crippen LogP contribution is 2.22. The van der Waals surface area contributed by atoms with Crippen LogP contribution < -0.4 is 4.90 Å². The van der Waals surface area contributed by atoms with E-state index in [4.69, 9.17) is 5.11 Å². The number of anilines is 1. The largest absolute Gasteiger partial charge is 0.392 e. The second-order valence-corrected chi connectivity index (χ2v) is 5.20. The summed E-state index contributed by atoms with van der Waals surface area (Å²) < 4.78 is 0. The second-order valence-electron chi connectivity index (χ2n) is 5.20. The van der Waals surface area contributed by atoms with Crippen molar-refractivity contribution < 1.29 is 5.11 Å². The van der Waals surface area contributed by atoms with Crippen LogP contribution >= 0.6 is 0 Å². The lowest BCUT2D eigenvalue weighted by molar-refractivity contribution is 0.282. The highest BCUT2D eigenvalue weighted by molar-refractivity contribution is 5.48. The third-order valence-electron chi connectivity index (χ3n) is 3.82. The van der Waals surface area contributed by atoms with E-state index in [9.17, 15) is 0 Å². The Labute approximate surface area is 110 Å². The molecule has 1 aliphatic heterocycles. The van der Waals surface area contributed by atoms with Crippen LogP contribution in [0.1, 0.15) is 25.3 Å². The van der Waals surface area contributed by atoms with E-state index in [1.807, 2.05) is 12.1 Å². The second kappa shape index (κ2) is 6.21. The third-order valence-corrected chi connectivity index (χ3v) is 3.82. The van der Waals surface area contributed by atoms with Crippen molar-refractivity contribution in [3.05, 3.63) is 29.8 Å². The van der Waals surface area contributed by atoms with Crippen molar-refractivity contribution in [1.29, 1.82) is 0 Å². The van der Waals surface area contributed by atoms with Crippen LogP contribution in [0, 0.1) is 0 Å². The summed E-state index contributed by atoms with van der Waals surface area (Å²) in [5, 5.41) is 9.10.